The van der Waals surface area contributed by atoms with Crippen molar-refractivity contribution in [3.05, 3.63) is 47.5 Å². The first-order chi connectivity index (χ1) is 8.34. The maximum Gasteiger partial charge on any atom is 0.177 e. The number of carbonyl (C=O) groups is 1. The molecule has 0 aromatic heterocycles. The molecule has 0 unspecified atom stereocenters. The van der Waals surface area contributed by atoms with E-state index in [1.807, 2.05) is 6.07 Å². The number of rotatable bonds is 2. The zero-order chi connectivity index (χ0) is 11.4. The molecular formula is C15H15NO. The summed E-state index contributed by atoms with van der Waals surface area (Å²) in [7, 11) is 0. The van der Waals surface area contributed by atoms with Gasteiger partial charge in [-0.1, -0.05) is 30.3 Å². The van der Waals surface area contributed by atoms with E-state index in [4.69, 9.17) is 0 Å². The van der Waals surface area contributed by atoms with Crippen molar-refractivity contribution in [1.82, 2.24) is 4.90 Å². The maximum absolute atomic E-state index is 12.1. The molecule has 1 aliphatic carbocycles. The van der Waals surface area contributed by atoms with Crippen LogP contribution in [0.1, 0.15) is 36.1 Å². The molecule has 0 spiro atoms. The molecule has 2 heterocycles. The first-order valence-electron chi connectivity index (χ1n) is 6.41. The Bertz CT molecular complexity index is 515. The van der Waals surface area contributed by atoms with E-state index in [-0.39, 0.29) is 11.8 Å². The predicted molar refractivity (Wildman–Crippen MR) is 65.5 cm³/mol. The monoisotopic (exact) mass is 225 g/mol. The van der Waals surface area contributed by atoms with Gasteiger partial charge >= 0.3 is 0 Å². The minimum Gasteiger partial charge on any atom is -0.293 e. The molecule has 2 atom stereocenters. The summed E-state index contributed by atoms with van der Waals surface area (Å²) >= 11 is 0. The summed E-state index contributed by atoms with van der Waals surface area (Å²) in [6.45, 7) is 1.08. The second-order valence-electron chi connectivity index (χ2n) is 5.38. The van der Waals surface area contributed by atoms with Crippen LogP contribution in [-0.4, -0.2) is 17.2 Å². The molecule has 0 saturated heterocycles. The number of fused-ring (bicyclic) bond motifs is 5. The largest absolute Gasteiger partial charge is 0.293 e. The van der Waals surface area contributed by atoms with Crippen molar-refractivity contribution in [2.24, 2.45) is 5.92 Å². The molecule has 1 fully saturated rings. The second-order valence-corrected chi connectivity index (χ2v) is 5.38. The van der Waals surface area contributed by atoms with Crippen molar-refractivity contribution in [2.45, 2.75) is 24.9 Å². The van der Waals surface area contributed by atoms with Gasteiger partial charge in [0.1, 0.15) is 0 Å². The lowest BCUT2D eigenvalue weighted by Crippen LogP contribution is -2.34. The van der Waals surface area contributed by atoms with Crippen molar-refractivity contribution in [2.75, 3.05) is 6.54 Å². The second kappa shape index (κ2) is 3.30. The van der Waals surface area contributed by atoms with Crippen molar-refractivity contribution in [1.29, 1.82) is 0 Å². The molecule has 2 nitrogen and oxygen atoms in total. The summed E-state index contributed by atoms with van der Waals surface area (Å²) in [5.41, 5.74) is 2.56. The van der Waals surface area contributed by atoms with E-state index < -0.39 is 0 Å². The highest BCUT2D eigenvalue weighted by atomic mass is 16.1. The smallest absolute Gasteiger partial charge is 0.177 e. The average molecular weight is 225 g/mol. The molecule has 4 rings (SSSR count). The highest BCUT2D eigenvalue weighted by Gasteiger charge is 2.44. The first kappa shape index (κ1) is 9.60. The minimum atomic E-state index is 0.00167. The van der Waals surface area contributed by atoms with Crippen LogP contribution in [0.3, 0.4) is 0 Å². The minimum absolute atomic E-state index is 0.00167. The zero-order valence-electron chi connectivity index (χ0n) is 9.67. The Hall–Kier alpha value is -1.41. The third kappa shape index (κ3) is 1.34. The summed E-state index contributed by atoms with van der Waals surface area (Å²) < 4.78 is 0. The van der Waals surface area contributed by atoms with Gasteiger partial charge in [0.25, 0.3) is 0 Å². The van der Waals surface area contributed by atoms with Gasteiger partial charge in [0.05, 0.1) is 12.1 Å². The van der Waals surface area contributed by atoms with Gasteiger partial charge in [-0.15, -0.1) is 0 Å². The molecule has 0 radical (unpaired) electrons. The van der Waals surface area contributed by atoms with Crippen LogP contribution in [0.4, 0.5) is 0 Å². The Morgan fingerprint density at radius 3 is 2.71 bits per heavy atom. The molecule has 0 N–H and O–H groups in total. The highest BCUT2D eigenvalue weighted by Crippen LogP contribution is 2.48. The normalized spacial score (nSPS) is 30.7. The number of carbonyl (C=O) groups excluding carboxylic acids is 1. The molecule has 2 bridgehead atoms. The van der Waals surface area contributed by atoms with Gasteiger partial charge in [0.15, 0.2) is 5.78 Å². The SMILES string of the molecule is O=C1C=C[C@H]2c3ccccc3[C@@H]1N2CC1CC1. The summed E-state index contributed by atoms with van der Waals surface area (Å²) in [4.78, 5) is 14.5. The van der Waals surface area contributed by atoms with Gasteiger partial charge in [-0.3, -0.25) is 9.69 Å². The van der Waals surface area contributed by atoms with Crippen LogP contribution in [0.25, 0.3) is 0 Å². The van der Waals surface area contributed by atoms with E-state index in [1.165, 1.54) is 24.0 Å². The Kier molecular flexibility index (Phi) is 1.86. The van der Waals surface area contributed by atoms with Crippen LogP contribution in [0.15, 0.2) is 36.4 Å². The standard InChI is InChI=1S/C15H15NO/c17-14-8-7-13-11-3-1-2-4-12(11)15(14)16(13)9-10-5-6-10/h1-4,7-8,10,13,15H,5-6,9H2/t13-,15-/m0/s1. The van der Waals surface area contributed by atoms with Crippen LogP contribution in [-0.2, 0) is 4.79 Å². The lowest BCUT2D eigenvalue weighted by atomic mass is 10.0. The Labute approximate surface area is 101 Å². The van der Waals surface area contributed by atoms with Crippen LogP contribution in [0.2, 0.25) is 0 Å². The quantitative estimate of drug-likeness (QED) is 0.771. The summed E-state index contributed by atoms with van der Waals surface area (Å²) in [5, 5.41) is 0. The number of benzene rings is 1. The lowest BCUT2D eigenvalue weighted by Gasteiger charge is -2.30. The number of nitrogens with zero attached hydrogens (tertiary/aromatic N) is 1. The number of hydrogen-bond acceptors (Lipinski definition) is 2. The summed E-state index contributed by atoms with van der Waals surface area (Å²) in [5.74, 6) is 1.08. The van der Waals surface area contributed by atoms with E-state index in [9.17, 15) is 4.79 Å². The molecule has 3 aliphatic rings. The van der Waals surface area contributed by atoms with Gasteiger partial charge < -0.3 is 0 Å². The summed E-state index contributed by atoms with van der Waals surface area (Å²) in [6.07, 6.45) is 6.53. The Morgan fingerprint density at radius 2 is 1.94 bits per heavy atom. The van der Waals surface area contributed by atoms with E-state index in [1.54, 1.807) is 6.08 Å². The van der Waals surface area contributed by atoms with Crippen molar-refractivity contribution in [3.8, 4) is 0 Å². The molecule has 1 aromatic carbocycles. The van der Waals surface area contributed by atoms with Crippen molar-refractivity contribution in [3.63, 3.8) is 0 Å². The van der Waals surface area contributed by atoms with Crippen molar-refractivity contribution < 1.29 is 4.79 Å². The van der Waals surface area contributed by atoms with E-state index in [0.29, 0.717) is 6.04 Å². The number of ketones is 1. The van der Waals surface area contributed by atoms with Crippen LogP contribution in [0, 0.1) is 5.92 Å². The van der Waals surface area contributed by atoms with Gasteiger partial charge in [0, 0.05) is 6.54 Å². The molecule has 1 saturated carbocycles. The van der Waals surface area contributed by atoms with E-state index >= 15 is 0 Å². The molecule has 1 aromatic rings. The third-order valence-electron chi connectivity index (χ3n) is 4.18. The molecule has 0 amide bonds. The van der Waals surface area contributed by atoms with Crippen molar-refractivity contribution >= 4 is 5.78 Å². The third-order valence-corrected chi connectivity index (χ3v) is 4.18. The Balaban J connectivity index is 1.81. The molecule has 86 valence electrons. The van der Waals surface area contributed by atoms with Gasteiger partial charge in [-0.05, 0) is 36.0 Å². The van der Waals surface area contributed by atoms with Gasteiger partial charge in [-0.25, -0.2) is 0 Å². The zero-order valence-corrected chi connectivity index (χ0v) is 9.67. The molecular weight excluding hydrogens is 210 g/mol. The lowest BCUT2D eigenvalue weighted by molar-refractivity contribution is -0.120. The van der Waals surface area contributed by atoms with Crippen LogP contribution >= 0.6 is 0 Å². The fourth-order valence-electron chi connectivity index (χ4n) is 3.17. The fourth-order valence-corrected chi connectivity index (χ4v) is 3.17. The highest BCUT2D eigenvalue weighted by molar-refractivity contribution is 5.97. The van der Waals surface area contributed by atoms with Crippen LogP contribution in [0.5, 0.6) is 0 Å². The summed E-state index contributed by atoms with van der Waals surface area (Å²) in [6, 6.07) is 8.75. The first-order valence-corrected chi connectivity index (χ1v) is 6.41. The van der Waals surface area contributed by atoms with Gasteiger partial charge in [0.2, 0.25) is 0 Å². The molecule has 2 aliphatic heterocycles. The Morgan fingerprint density at radius 1 is 1.18 bits per heavy atom. The number of hydrogen-bond donors (Lipinski definition) is 0. The maximum atomic E-state index is 12.1. The topological polar surface area (TPSA) is 20.3 Å². The van der Waals surface area contributed by atoms with Gasteiger partial charge in [-0.2, -0.15) is 0 Å². The average Bonchev–Trinajstić information content (AvgIpc) is 3.10. The van der Waals surface area contributed by atoms with Crippen LogP contribution < -0.4 is 0 Å². The molecule has 2 heteroatoms. The predicted octanol–water partition coefficient (Wildman–Crippen LogP) is 2.63. The molecule has 17 heavy (non-hydrogen) atoms. The fraction of sp³-hybridized carbons (Fsp3) is 0.400. The van der Waals surface area contributed by atoms with E-state index in [0.717, 1.165) is 12.5 Å². The van der Waals surface area contributed by atoms with E-state index in [2.05, 4.69) is 29.2 Å².